The molecule has 0 aliphatic carbocycles. The van der Waals surface area contributed by atoms with Gasteiger partial charge in [0, 0.05) is 10.6 Å². The lowest BCUT2D eigenvalue weighted by atomic mass is 10.1. The summed E-state index contributed by atoms with van der Waals surface area (Å²) in [6.07, 6.45) is 0. The summed E-state index contributed by atoms with van der Waals surface area (Å²) in [6.45, 7) is 0.183. The number of hydrogen-bond donors (Lipinski definition) is 0. The Hall–Kier alpha value is -3.99. The van der Waals surface area contributed by atoms with Crippen LogP contribution in [-0.4, -0.2) is 45.8 Å². The number of anilines is 1. The third-order valence-corrected chi connectivity index (χ3v) is 5.56. The number of nitrogens with zero attached hydrogens (tertiary/aromatic N) is 6. The van der Waals surface area contributed by atoms with Crippen molar-refractivity contribution in [2.75, 3.05) is 11.7 Å². The van der Waals surface area contributed by atoms with Crippen LogP contribution in [0.2, 0.25) is 5.02 Å². The van der Waals surface area contributed by atoms with Crippen LogP contribution in [0.1, 0.15) is 5.89 Å². The van der Waals surface area contributed by atoms with E-state index in [0.29, 0.717) is 33.6 Å². The average molecular weight is 453 g/mol. The summed E-state index contributed by atoms with van der Waals surface area (Å²) in [4.78, 5) is 31.3. The van der Waals surface area contributed by atoms with Gasteiger partial charge in [-0.3, -0.25) is 14.6 Å². The summed E-state index contributed by atoms with van der Waals surface area (Å²) in [6, 6.07) is 10.0. The van der Waals surface area contributed by atoms with Crippen molar-refractivity contribution in [1.29, 1.82) is 0 Å². The fraction of sp³-hybridized carbons (Fsp3) is 0.200. The van der Waals surface area contributed by atoms with Crippen molar-refractivity contribution < 1.29 is 23.6 Å². The van der Waals surface area contributed by atoms with E-state index in [9.17, 15) is 9.59 Å². The van der Waals surface area contributed by atoms with Crippen LogP contribution in [0.4, 0.5) is 5.69 Å². The lowest BCUT2D eigenvalue weighted by molar-refractivity contribution is -0.123. The number of carbonyl (C=O) groups is 2. The molecule has 1 fully saturated rings. The lowest BCUT2D eigenvalue weighted by Gasteiger charge is -2.19. The van der Waals surface area contributed by atoms with E-state index in [-0.39, 0.29) is 19.2 Å². The number of benzene rings is 2. The smallest absolute Gasteiger partial charge is 0.263 e. The third-order valence-electron chi connectivity index (χ3n) is 5.32. The molecule has 0 saturated carbocycles. The number of fused-ring (bicyclic) bond motifs is 2. The van der Waals surface area contributed by atoms with Crippen molar-refractivity contribution in [3.05, 3.63) is 53.4 Å². The topological polar surface area (TPSA) is 123 Å². The average Bonchev–Trinajstić information content (AvgIpc) is 3.55. The first-order valence-corrected chi connectivity index (χ1v) is 10.00. The molecule has 0 radical (unpaired) electrons. The van der Waals surface area contributed by atoms with Crippen LogP contribution in [0, 0.1) is 0 Å². The first-order valence-electron chi connectivity index (χ1n) is 9.62. The van der Waals surface area contributed by atoms with Gasteiger partial charge in [0.25, 0.3) is 11.8 Å². The molecule has 2 aromatic carbocycles. The van der Waals surface area contributed by atoms with E-state index in [2.05, 4.69) is 20.5 Å². The molecule has 3 aliphatic rings. The predicted octanol–water partition coefficient (Wildman–Crippen LogP) is 2.61. The number of hydrogen-bond acceptors (Lipinski definition) is 10. The molecule has 0 spiro atoms. The highest BCUT2D eigenvalue weighted by molar-refractivity contribution is 6.31. The molecular weight excluding hydrogens is 440 g/mol. The van der Waals surface area contributed by atoms with E-state index in [4.69, 9.17) is 25.6 Å². The number of rotatable bonds is 4. The number of aromatic nitrogens is 2. The van der Waals surface area contributed by atoms with Crippen LogP contribution in [0.5, 0.6) is 11.5 Å². The van der Waals surface area contributed by atoms with Gasteiger partial charge in [-0.25, -0.2) is 4.90 Å². The van der Waals surface area contributed by atoms with Crippen molar-refractivity contribution in [3.63, 3.8) is 0 Å². The Morgan fingerprint density at radius 2 is 1.94 bits per heavy atom. The maximum Gasteiger partial charge on any atom is 0.263 e. The van der Waals surface area contributed by atoms with Crippen LogP contribution in [0.25, 0.3) is 11.4 Å². The molecule has 3 aliphatic heterocycles. The SMILES string of the molecule is O=C1[C@@H]2[C@@H](N=NN2Cc2nc(-c3ccc4c(c3)OCO4)no2)C(=O)N1c1cccc(Cl)c1. The fourth-order valence-corrected chi connectivity index (χ4v) is 4.02. The Balaban J connectivity index is 1.22. The number of halogens is 1. The molecule has 6 rings (SSSR count). The van der Waals surface area contributed by atoms with Gasteiger partial charge < -0.3 is 14.0 Å². The molecule has 32 heavy (non-hydrogen) atoms. The zero-order valence-electron chi connectivity index (χ0n) is 16.2. The minimum Gasteiger partial charge on any atom is -0.454 e. The van der Waals surface area contributed by atoms with Crippen LogP contribution >= 0.6 is 11.6 Å². The quantitative estimate of drug-likeness (QED) is 0.553. The Kier molecular flexibility index (Phi) is 4.12. The molecule has 0 N–H and O–H groups in total. The first-order chi connectivity index (χ1) is 15.6. The molecular formula is C20H13ClN6O5. The second-order valence-electron chi connectivity index (χ2n) is 7.26. The molecule has 12 heteroatoms. The molecule has 0 unspecified atom stereocenters. The van der Waals surface area contributed by atoms with Crippen molar-refractivity contribution in [1.82, 2.24) is 15.1 Å². The maximum atomic E-state index is 13.1. The molecule has 0 bridgehead atoms. The van der Waals surface area contributed by atoms with Crippen LogP contribution in [0.3, 0.4) is 0 Å². The Labute approximate surface area is 185 Å². The van der Waals surface area contributed by atoms with Gasteiger partial charge in [-0.15, -0.1) is 0 Å². The molecule has 2 atom stereocenters. The van der Waals surface area contributed by atoms with Gasteiger partial charge in [-0.05, 0) is 36.4 Å². The minimum atomic E-state index is -0.933. The van der Waals surface area contributed by atoms with E-state index < -0.39 is 23.9 Å². The van der Waals surface area contributed by atoms with E-state index in [0.717, 1.165) is 4.90 Å². The molecule has 4 heterocycles. The van der Waals surface area contributed by atoms with E-state index in [1.807, 2.05) is 0 Å². The zero-order valence-corrected chi connectivity index (χ0v) is 17.0. The Bertz CT molecular complexity index is 1290. The molecule has 160 valence electrons. The number of amides is 2. The Morgan fingerprint density at radius 1 is 1.06 bits per heavy atom. The maximum absolute atomic E-state index is 13.1. The molecule has 2 amide bonds. The van der Waals surface area contributed by atoms with Gasteiger partial charge in [0.2, 0.25) is 18.5 Å². The third kappa shape index (κ3) is 2.89. The second-order valence-corrected chi connectivity index (χ2v) is 7.70. The molecule has 1 saturated heterocycles. The summed E-state index contributed by atoms with van der Waals surface area (Å²) >= 11 is 6.02. The largest absolute Gasteiger partial charge is 0.454 e. The van der Waals surface area contributed by atoms with Gasteiger partial charge in [-0.2, -0.15) is 10.1 Å². The van der Waals surface area contributed by atoms with Crippen molar-refractivity contribution >= 4 is 29.1 Å². The zero-order chi connectivity index (χ0) is 21.8. The Morgan fingerprint density at radius 3 is 2.81 bits per heavy atom. The number of carbonyl (C=O) groups excluding carboxylic acids is 2. The summed E-state index contributed by atoms with van der Waals surface area (Å²) in [5, 5.41) is 13.8. The standard InChI is InChI=1S/C20H13ClN6O5/c21-11-2-1-3-12(7-11)27-19(28)16-17(20(27)29)26(25-23-16)8-15-22-18(24-32-15)10-4-5-13-14(6-10)31-9-30-13/h1-7,16-17H,8-9H2/t16-,17+/m1/s1. The first kappa shape index (κ1) is 18.8. The second kappa shape index (κ2) is 7.02. The highest BCUT2D eigenvalue weighted by Crippen LogP contribution is 2.36. The molecule has 1 aromatic heterocycles. The van der Waals surface area contributed by atoms with Crippen LogP contribution in [-0.2, 0) is 16.1 Å². The normalized spacial score (nSPS) is 21.0. The van der Waals surface area contributed by atoms with Crippen molar-refractivity contribution in [2.24, 2.45) is 10.3 Å². The summed E-state index contributed by atoms with van der Waals surface area (Å²) in [5.74, 6) is 0.915. The van der Waals surface area contributed by atoms with E-state index >= 15 is 0 Å². The van der Waals surface area contributed by atoms with Gasteiger partial charge in [0.15, 0.2) is 23.6 Å². The fourth-order valence-electron chi connectivity index (χ4n) is 3.83. The minimum absolute atomic E-state index is 0.0185. The summed E-state index contributed by atoms with van der Waals surface area (Å²) < 4.78 is 16.0. The monoisotopic (exact) mass is 452 g/mol. The van der Waals surface area contributed by atoms with Crippen molar-refractivity contribution in [3.8, 4) is 22.9 Å². The highest BCUT2D eigenvalue weighted by Gasteiger charge is 2.55. The highest BCUT2D eigenvalue weighted by atomic mass is 35.5. The summed E-state index contributed by atoms with van der Waals surface area (Å²) in [7, 11) is 0. The van der Waals surface area contributed by atoms with Gasteiger partial charge in [0.05, 0.1) is 5.69 Å². The van der Waals surface area contributed by atoms with Gasteiger partial charge in [-0.1, -0.05) is 28.0 Å². The predicted molar refractivity (Wildman–Crippen MR) is 108 cm³/mol. The van der Waals surface area contributed by atoms with Crippen molar-refractivity contribution in [2.45, 2.75) is 18.6 Å². The summed E-state index contributed by atoms with van der Waals surface area (Å²) in [5.41, 5.74) is 1.07. The van der Waals surface area contributed by atoms with Gasteiger partial charge >= 0.3 is 0 Å². The number of imide groups is 1. The van der Waals surface area contributed by atoms with E-state index in [1.165, 1.54) is 5.01 Å². The number of ether oxygens (including phenoxy) is 2. The van der Waals surface area contributed by atoms with Gasteiger partial charge in [0.1, 0.15) is 6.54 Å². The van der Waals surface area contributed by atoms with Crippen LogP contribution in [0.15, 0.2) is 57.3 Å². The lowest BCUT2D eigenvalue weighted by Crippen LogP contribution is -2.39. The van der Waals surface area contributed by atoms with E-state index in [1.54, 1.807) is 42.5 Å². The van der Waals surface area contributed by atoms with Crippen LogP contribution < -0.4 is 14.4 Å². The molecule has 3 aromatic rings. The molecule has 11 nitrogen and oxygen atoms in total.